The van der Waals surface area contributed by atoms with Crippen LogP contribution in [0.4, 0.5) is 5.69 Å². The highest BCUT2D eigenvalue weighted by molar-refractivity contribution is 5.46. The van der Waals surface area contributed by atoms with Crippen molar-refractivity contribution in [2.45, 2.75) is 33.2 Å². The van der Waals surface area contributed by atoms with Gasteiger partial charge in [0.1, 0.15) is 0 Å². The molecule has 0 bridgehead atoms. The molecule has 0 atom stereocenters. The second kappa shape index (κ2) is 5.71. The van der Waals surface area contributed by atoms with Crippen molar-refractivity contribution < 1.29 is 0 Å². The summed E-state index contributed by atoms with van der Waals surface area (Å²) in [4.78, 5) is 0. The molecule has 0 saturated carbocycles. The number of aryl methyl sites for hydroxylation is 3. The number of benzene rings is 1. The van der Waals surface area contributed by atoms with E-state index >= 15 is 0 Å². The average Bonchev–Trinajstić information content (AvgIpc) is 2.77. The minimum atomic E-state index is 0.850. The Morgan fingerprint density at radius 3 is 2.33 bits per heavy atom. The molecule has 1 aromatic heterocycles. The van der Waals surface area contributed by atoms with E-state index in [1.54, 1.807) is 0 Å². The molecule has 0 saturated heterocycles. The highest BCUT2D eigenvalue weighted by Gasteiger charge is 2.04. The molecule has 0 unspecified atom stereocenters. The fraction of sp³-hybridized carbons (Fsp3) is 0.400. The molecule has 96 valence electrons. The number of rotatable bonds is 5. The second-order valence-electron chi connectivity index (χ2n) is 4.54. The average molecular weight is 243 g/mol. The number of nitrogens with zero attached hydrogens (tertiary/aromatic N) is 2. The van der Waals surface area contributed by atoms with Gasteiger partial charge in [-0.15, -0.1) is 0 Å². The molecule has 3 nitrogen and oxygen atoms in total. The van der Waals surface area contributed by atoms with E-state index in [-0.39, 0.29) is 0 Å². The smallest absolute Gasteiger partial charge is 0.0853 e. The lowest BCUT2D eigenvalue weighted by Crippen LogP contribution is -2.00. The van der Waals surface area contributed by atoms with E-state index in [0.29, 0.717) is 0 Å². The van der Waals surface area contributed by atoms with Gasteiger partial charge < -0.3 is 5.32 Å². The van der Waals surface area contributed by atoms with Crippen molar-refractivity contribution in [1.29, 1.82) is 0 Å². The van der Waals surface area contributed by atoms with E-state index < -0.39 is 0 Å². The molecule has 18 heavy (non-hydrogen) atoms. The summed E-state index contributed by atoms with van der Waals surface area (Å²) in [5.41, 5.74) is 4.95. The highest BCUT2D eigenvalue weighted by atomic mass is 15.3. The summed E-state index contributed by atoms with van der Waals surface area (Å²) in [5.74, 6) is 0. The summed E-state index contributed by atoms with van der Waals surface area (Å²) in [7, 11) is 1.96. The Morgan fingerprint density at radius 1 is 1.06 bits per heavy atom. The van der Waals surface area contributed by atoms with Crippen molar-refractivity contribution in [1.82, 2.24) is 9.78 Å². The van der Waals surface area contributed by atoms with Gasteiger partial charge in [-0.05, 0) is 24.0 Å². The van der Waals surface area contributed by atoms with Crippen LogP contribution < -0.4 is 5.32 Å². The topological polar surface area (TPSA) is 29.9 Å². The van der Waals surface area contributed by atoms with Crippen LogP contribution in [0.3, 0.4) is 0 Å². The fourth-order valence-electron chi connectivity index (χ4n) is 2.03. The molecule has 3 heteroatoms. The van der Waals surface area contributed by atoms with Crippen LogP contribution in [-0.2, 0) is 26.4 Å². The van der Waals surface area contributed by atoms with E-state index in [0.717, 1.165) is 30.8 Å². The van der Waals surface area contributed by atoms with Crippen molar-refractivity contribution in [3.05, 3.63) is 47.3 Å². The maximum absolute atomic E-state index is 4.42. The van der Waals surface area contributed by atoms with E-state index in [1.165, 1.54) is 11.1 Å². The van der Waals surface area contributed by atoms with Gasteiger partial charge in [0.25, 0.3) is 0 Å². The molecule has 0 aliphatic heterocycles. The van der Waals surface area contributed by atoms with Crippen molar-refractivity contribution in [2.24, 2.45) is 7.05 Å². The first-order valence-corrected chi connectivity index (χ1v) is 6.57. The maximum atomic E-state index is 4.42. The van der Waals surface area contributed by atoms with Crippen molar-refractivity contribution in [2.75, 3.05) is 5.32 Å². The van der Waals surface area contributed by atoms with Crippen LogP contribution in [0.1, 0.15) is 30.7 Å². The minimum Gasteiger partial charge on any atom is -0.378 e. The van der Waals surface area contributed by atoms with Crippen LogP contribution in [0.15, 0.2) is 30.5 Å². The van der Waals surface area contributed by atoms with E-state index in [1.807, 2.05) is 17.9 Å². The Kier molecular flexibility index (Phi) is 4.03. The van der Waals surface area contributed by atoms with Gasteiger partial charge in [0.2, 0.25) is 0 Å². The number of anilines is 1. The molecule has 0 radical (unpaired) electrons. The van der Waals surface area contributed by atoms with Crippen LogP contribution in [-0.4, -0.2) is 9.78 Å². The Labute approximate surface area is 109 Å². The first kappa shape index (κ1) is 12.7. The Balaban J connectivity index is 2.01. The standard InChI is InChI=1S/C15H21N3/c1-4-12-6-8-13(9-7-12)10-16-15-11-18(3)17-14(15)5-2/h6-9,11,16H,4-5,10H2,1-3H3. The normalized spacial score (nSPS) is 10.6. The third-order valence-corrected chi connectivity index (χ3v) is 3.15. The molecular formula is C15H21N3. The van der Waals surface area contributed by atoms with Crippen molar-refractivity contribution in [3.63, 3.8) is 0 Å². The molecule has 0 aliphatic carbocycles. The summed E-state index contributed by atoms with van der Waals surface area (Å²) in [6.45, 7) is 5.16. The lowest BCUT2D eigenvalue weighted by Gasteiger charge is -2.06. The summed E-state index contributed by atoms with van der Waals surface area (Å²) in [5, 5.41) is 7.88. The molecule has 0 aliphatic rings. The summed E-state index contributed by atoms with van der Waals surface area (Å²) >= 11 is 0. The molecule has 1 N–H and O–H groups in total. The SMILES string of the molecule is CCc1ccc(CNc2cn(C)nc2CC)cc1. The van der Waals surface area contributed by atoms with Crippen molar-refractivity contribution >= 4 is 5.69 Å². The molecule has 2 aromatic rings. The van der Waals surface area contributed by atoms with Crippen LogP contribution >= 0.6 is 0 Å². The van der Waals surface area contributed by atoms with E-state index in [9.17, 15) is 0 Å². The Bertz CT molecular complexity index is 497. The molecule has 0 spiro atoms. The van der Waals surface area contributed by atoms with Crippen LogP contribution in [0, 0.1) is 0 Å². The first-order chi connectivity index (χ1) is 8.72. The Hall–Kier alpha value is -1.77. The molecule has 0 amide bonds. The zero-order chi connectivity index (χ0) is 13.0. The highest BCUT2D eigenvalue weighted by Crippen LogP contribution is 2.15. The fourth-order valence-corrected chi connectivity index (χ4v) is 2.03. The summed E-state index contributed by atoms with van der Waals surface area (Å²) in [6.07, 6.45) is 4.09. The van der Waals surface area contributed by atoms with Gasteiger partial charge in [0.05, 0.1) is 11.4 Å². The minimum absolute atomic E-state index is 0.850. The van der Waals surface area contributed by atoms with Gasteiger partial charge in [-0.3, -0.25) is 4.68 Å². The number of hydrogen-bond acceptors (Lipinski definition) is 2. The van der Waals surface area contributed by atoms with Gasteiger partial charge in [-0.2, -0.15) is 5.10 Å². The molecule has 1 aromatic carbocycles. The maximum Gasteiger partial charge on any atom is 0.0853 e. The largest absolute Gasteiger partial charge is 0.378 e. The van der Waals surface area contributed by atoms with E-state index in [2.05, 4.69) is 48.5 Å². The number of hydrogen-bond donors (Lipinski definition) is 1. The number of nitrogens with one attached hydrogen (secondary N) is 1. The van der Waals surface area contributed by atoms with E-state index in [4.69, 9.17) is 0 Å². The number of aromatic nitrogens is 2. The molecule has 0 fully saturated rings. The molecule has 1 heterocycles. The second-order valence-corrected chi connectivity index (χ2v) is 4.54. The predicted molar refractivity (Wildman–Crippen MR) is 75.7 cm³/mol. The zero-order valence-corrected chi connectivity index (χ0v) is 11.4. The van der Waals surface area contributed by atoms with Gasteiger partial charge in [0.15, 0.2) is 0 Å². The first-order valence-electron chi connectivity index (χ1n) is 6.57. The van der Waals surface area contributed by atoms with Gasteiger partial charge in [-0.1, -0.05) is 38.1 Å². The molecular weight excluding hydrogens is 222 g/mol. The predicted octanol–water partition coefficient (Wildman–Crippen LogP) is 3.16. The summed E-state index contributed by atoms with van der Waals surface area (Å²) < 4.78 is 1.86. The lowest BCUT2D eigenvalue weighted by atomic mass is 10.1. The van der Waals surface area contributed by atoms with Gasteiger partial charge in [-0.25, -0.2) is 0 Å². The van der Waals surface area contributed by atoms with Crippen LogP contribution in [0.25, 0.3) is 0 Å². The monoisotopic (exact) mass is 243 g/mol. The van der Waals surface area contributed by atoms with Gasteiger partial charge in [0, 0.05) is 19.8 Å². The van der Waals surface area contributed by atoms with Gasteiger partial charge >= 0.3 is 0 Å². The van der Waals surface area contributed by atoms with Crippen LogP contribution in [0.5, 0.6) is 0 Å². The lowest BCUT2D eigenvalue weighted by molar-refractivity contribution is 0.746. The quantitative estimate of drug-likeness (QED) is 0.874. The van der Waals surface area contributed by atoms with Crippen molar-refractivity contribution in [3.8, 4) is 0 Å². The molecule has 2 rings (SSSR count). The van der Waals surface area contributed by atoms with Crippen LogP contribution in [0.2, 0.25) is 0 Å². The zero-order valence-electron chi connectivity index (χ0n) is 11.4. The third-order valence-electron chi connectivity index (χ3n) is 3.15. The summed E-state index contributed by atoms with van der Waals surface area (Å²) in [6, 6.07) is 8.77. The third kappa shape index (κ3) is 2.92. The Morgan fingerprint density at radius 2 is 1.72 bits per heavy atom.